The molecule has 0 aromatic heterocycles. The summed E-state index contributed by atoms with van der Waals surface area (Å²) >= 11 is 3.41. The minimum atomic E-state index is -0.695. The molecule has 120 valence electrons. The molecule has 2 aliphatic rings. The maximum absolute atomic E-state index is 14.5. The van der Waals surface area contributed by atoms with Gasteiger partial charge < -0.3 is 10.1 Å². The Bertz CT molecular complexity index is 590. The van der Waals surface area contributed by atoms with Crippen molar-refractivity contribution < 1.29 is 13.9 Å². The lowest BCUT2D eigenvalue weighted by molar-refractivity contribution is -0.121. The lowest BCUT2D eigenvalue weighted by Gasteiger charge is -2.35. The molecule has 0 saturated heterocycles. The predicted octanol–water partition coefficient (Wildman–Crippen LogP) is 3.90. The van der Waals surface area contributed by atoms with Crippen LogP contribution in [0.1, 0.15) is 45.1 Å². The SMILES string of the molecule is CC(=O)N[C@@]1(c2cc(Br)ccc2F)CC(OC2CC2)C[C@H]1C. The van der Waals surface area contributed by atoms with Gasteiger partial charge in [-0.1, -0.05) is 22.9 Å². The largest absolute Gasteiger partial charge is 0.375 e. The van der Waals surface area contributed by atoms with Crippen LogP contribution in [0.3, 0.4) is 0 Å². The number of nitrogens with one attached hydrogen (secondary N) is 1. The third kappa shape index (κ3) is 3.06. The van der Waals surface area contributed by atoms with Gasteiger partial charge in [-0.15, -0.1) is 0 Å². The number of carbonyl (C=O) groups is 1. The third-order valence-corrected chi connectivity index (χ3v) is 5.22. The molecule has 0 radical (unpaired) electrons. The number of carbonyl (C=O) groups excluding carboxylic acids is 1. The van der Waals surface area contributed by atoms with E-state index in [0.29, 0.717) is 18.1 Å². The van der Waals surface area contributed by atoms with Gasteiger partial charge in [-0.3, -0.25) is 4.79 Å². The molecule has 2 saturated carbocycles. The van der Waals surface area contributed by atoms with Crippen LogP contribution in [-0.2, 0) is 15.1 Å². The molecule has 2 fully saturated rings. The summed E-state index contributed by atoms with van der Waals surface area (Å²) in [6, 6.07) is 4.91. The Hall–Kier alpha value is -0.940. The second-order valence-corrected chi connectivity index (χ2v) is 7.49. The highest BCUT2D eigenvalue weighted by atomic mass is 79.9. The summed E-state index contributed by atoms with van der Waals surface area (Å²) in [5, 5.41) is 3.03. The van der Waals surface area contributed by atoms with Crippen LogP contribution >= 0.6 is 15.9 Å². The molecule has 3 nitrogen and oxygen atoms in total. The molecule has 0 bridgehead atoms. The third-order valence-electron chi connectivity index (χ3n) is 4.72. The van der Waals surface area contributed by atoms with Gasteiger partial charge in [0.25, 0.3) is 0 Å². The molecule has 0 spiro atoms. The standard InChI is InChI=1S/C17H21BrFNO2/c1-10-7-14(22-13-4-5-13)9-17(10,20-11(2)21)15-8-12(18)3-6-16(15)19/h3,6,8,10,13-14H,4-5,7,9H2,1-2H3,(H,20,21)/t10-,14?,17+/m1/s1. The number of halogens is 2. The normalized spacial score (nSPS) is 31.3. The van der Waals surface area contributed by atoms with Crippen LogP contribution in [0.4, 0.5) is 4.39 Å². The van der Waals surface area contributed by atoms with E-state index in [9.17, 15) is 9.18 Å². The van der Waals surface area contributed by atoms with E-state index >= 15 is 0 Å². The van der Waals surface area contributed by atoms with Crippen molar-refractivity contribution in [2.45, 2.75) is 57.3 Å². The average Bonchev–Trinajstić information content (AvgIpc) is 3.18. The molecule has 1 unspecified atom stereocenters. The Morgan fingerprint density at radius 1 is 1.41 bits per heavy atom. The Morgan fingerprint density at radius 2 is 2.14 bits per heavy atom. The zero-order valence-electron chi connectivity index (χ0n) is 12.9. The van der Waals surface area contributed by atoms with Gasteiger partial charge in [0.05, 0.1) is 17.7 Å². The zero-order chi connectivity index (χ0) is 15.9. The summed E-state index contributed by atoms with van der Waals surface area (Å²) in [7, 11) is 0. The van der Waals surface area contributed by atoms with E-state index in [4.69, 9.17) is 4.74 Å². The van der Waals surface area contributed by atoms with Crippen molar-refractivity contribution in [3.63, 3.8) is 0 Å². The number of amides is 1. The monoisotopic (exact) mass is 369 g/mol. The van der Waals surface area contributed by atoms with E-state index in [1.54, 1.807) is 12.1 Å². The summed E-state index contributed by atoms with van der Waals surface area (Å²) < 4.78 is 21.3. The highest BCUT2D eigenvalue weighted by molar-refractivity contribution is 9.10. The Balaban J connectivity index is 1.96. The van der Waals surface area contributed by atoms with Gasteiger partial charge in [0.15, 0.2) is 0 Å². The summed E-state index contributed by atoms with van der Waals surface area (Å²) in [4.78, 5) is 11.8. The predicted molar refractivity (Wildman–Crippen MR) is 85.9 cm³/mol. The summed E-state index contributed by atoms with van der Waals surface area (Å²) in [5.74, 6) is -0.307. The second-order valence-electron chi connectivity index (χ2n) is 6.58. The van der Waals surface area contributed by atoms with Crippen molar-refractivity contribution in [2.75, 3.05) is 0 Å². The first-order valence-corrected chi connectivity index (χ1v) is 8.60. The van der Waals surface area contributed by atoms with Crippen LogP contribution in [0.2, 0.25) is 0 Å². The Morgan fingerprint density at radius 3 is 2.77 bits per heavy atom. The van der Waals surface area contributed by atoms with Crippen molar-refractivity contribution in [3.8, 4) is 0 Å². The first-order chi connectivity index (χ1) is 10.4. The van der Waals surface area contributed by atoms with Gasteiger partial charge in [-0.05, 0) is 43.4 Å². The van der Waals surface area contributed by atoms with Crippen molar-refractivity contribution in [1.29, 1.82) is 0 Å². The summed E-state index contributed by atoms with van der Waals surface area (Å²) in [6.07, 6.45) is 4.12. The first kappa shape index (κ1) is 15.9. The van der Waals surface area contributed by atoms with Gasteiger partial charge in [0.1, 0.15) is 5.82 Å². The number of ether oxygens (including phenoxy) is 1. The van der Waals surface area contributed by atoms with Gasteiger partial charge >= 0.3 is 0 Å². The van der Waals surface area contributed by atoms with Crippen molar-refractivity contribution in [3.05, 3.63) is 34.1 Å². The lowest BCUT2D eigenvalue weighted by Crippen LogP contribution is -2.48. The van der Waals surface area contributed by atoms with Crippen molar-refractivity contribution >= 4 is 21.8 Å². The molecule has 2 aliphatic carbocycles. The number of rotatable bonds is 4. The molecule has 0 heterocycles. The van der Waals surface area contributed by atoms with Gasteiger partial charge in [-0.25, -0.2) is 4.39 Å². The quantitative estimate of drug-likeness (QED) is 0.873. The first-order valence-electron chi connectivity index (χ1n) is 7.80. The van der Waals surface area contributed by atoms with E-state index in [1.165, 1.54) is 13.0 Å². The zero-order valence-corrected chi connectivity index (χ0v) is 14.5. The lowest BCUT2D eigenvalue weighted by atomic mass is 9.81. The van der Waals surface area contributed by atoms with Crippen LogP contribution in [-0.4, -0.2) is 18.1 Å². The average molecular weight is 370 g/mol. The van der Waals surface area contributed by atoms with Crippen LogP contribution in [0.15, 0.2) is 22.7 Å². The van der Waals surface area contributed by atoms with Crippen LogP contribution in [0.5, 0.6) is 0 Å². The fourth-order valence-corrected chi connectivity index (χ4v) is 3.95. The van der Waals surface area contributed by atoms with Gasteiger partial charge in [-0.2, -0.15) is 0 Å². The smallest absolute Gasteiger partial charge is 0.217 e. The van der Waals surface area contributed by atoms with E-state index < -0.39 is 5.54 Å². The fraction of sp³-hybridized carbons (Fsp3) is 0.588. The molecule has 3 rings (SSSR count). The van der Waals surface area contributed by atoms with E-state index in [1.807, 2.05) is 0 Å². The minimum absolute atomic E-state index is 0.0766. The van der Waals surface area contributed by atoms with E-state index in [2.05, 4.69) is 28.2 Å². The highest BCUT2D eigenvalue weighted by Crippen LogP contribution is 2.47. The number of benzene rings is 1. The van der Waals surface area contributed by atoms with Gasteiger partial charge in [0.2, 0.25) is 5.91 Å². The number of hydrogen-bond donors (Lipinski definition) is 1. The second kappa shape index (κ2) is 5.93. The molecule has 1 aromatic carbocycles. The molecule has 3 atom stereocenters. The van der Waals surface area contributed by atoms with Crippen LogP contribution < -0.4 is 5.32 Å². The van der Waals surface area contributed by atoms with E-state index in [-0.39, 0.29) is 23.7 Å². The Labute approximate surface area is 138 Å². The molecule has 1 aromatic rings. The van der Waals surface area contributed by atoms with E-state index in [0.717, 1.165) is 23.7 Å². The summed E-state index contributed by atoms with van der Waals surface area (Å²) in [5.41, 5.74) is -0.148. The molecule has 0 aliphatic heterocycles. The summed E-state index contributed by atoms with van der Waals surface area (Å²) in [6.45, 7) is 3.55. The minimum Gasteiger partial charge on any atom is -0.375 e. The van der Waals surface area contributed by atoms with Crippen molar-refractivity contribution in [2.24, 2.45) is 5.92 Å². The topological polar surface area (TPSA) is 38.3 Å². The molecule has 1 N–H and O–H groups in total. The molecular formula is C17H21BrFNO2. The maximum Gasteiger partial charge on any atom is 0.217 e. The van der Waals surface area contributed by atoms with Crippen molar-refractivity contribution in [1.82, 2.24) is 5.32 Å². The van der Waals surface area contributed by atoms with Gasteiger partial charge in [0, 0.05) is 23.4 Å². The molecular weight excluding hydrogens is 349 g/mol. The van der Waals surface area contributed by atoms with Crippen LogP contribution in [0, 0.1) is 11.7 Å². The number of hydrogen-bond acceptors (Lipinski definition) is 2. The Kier molecular flexibility index (Phi) is 4.29. The molecule has 5 heteroatoms. The maximum atomic E-state index is 14.5. The van der Waals surface area contributed by atoms with Crippen LogP contribution in [0.25, 0.3) is 0 Å². The highest BCUT2D eigenvalue weighted by Gasteiger charge is 2.49. The molecule has 22 heavy (non-hydrogen) atoms. The molecule has 1 amide bonds. The fourth-order valence-electron chi connectivity index (χ4n) is 3.59.